The van der Waals surface area contributed by atoms with Crippen molar-refractivity contribution in [3.63, 3.8) is 0 Å². The second-order valence-electron chi connectivity index (χ2n) is 8.86. The fraction of sp³-hybridized carbons (Fsp3) is 0.103. The number of aromatic nitrogens is 1. The van der Waals surface area contributed by atoms with Gasteiger partial charge >= 0.3 is 12.0 Å². The Morgan fingerprint density at radius 3 is 2.59 bits per heavy atom. The van der Waals surface area contributed by atoms with E-state index in [0.29, 0.717) is 23.5 Å². The first-order chi connectivity index (χ1) is 18.8. The van der Waals surface area contributed by atoms with Crippen molar-refractivity contribution in [1.29, 1.82) is 0 Å². The Kier molecular flexibility index (Phi) is 6.83. The zero-order chi connectivity index (χ0) is 27.5. The molecule has 0 spiro atoms. The lowest BCUT2D eigenvalue weighted by Crippen LogP contribution is -2.38. The predicted octanol–water partition coefficient (Wildman–Crippen LogP) is 3.93. The third kappa shape index (κ3) is 5.21. The molecule has 2 heterocycles. The number of hydrogen-bond acceptors (Lipinski definition) is 5. The highest BCUT2D eigenvalue weighted by Gasteiger charge is 2.35. The van der Waals surface area contributed by atoms with Gasteiger partial charge in [0.25, 0.3) is 5.91 Å². The number of carbonyl (C=O) groups is 4. The van der Waals surface area contributed by atoms with Crippen molar-refractivity contribution in [2.75, 3.05) is 19.0 Å². The maximum absolute atomic E-state index is 13.1. The average Bonchev–Trinajstić information content (AvgIpc) is 3.40. The van der Waals surface area contributed by atoms with E-state index >= 15 is 0 Å². The van der Waals surface area contributed by atoms with E-state index in [9.17, 15) is 24.3 Å². The number of aromatic carboxylic acids is 1. The van der Waals surface area contributed by atoms with E-state index in [2.05, 4.69) is 10.6 Å². The maximum atomic E-state index is 13.1. The predicted molar refractivity (Wildman–Crippen MR) is 144 cm³/mol. The number of imide groups is 1. The van der Waals surface area contributed by atoms with Crippen molar-refractivity contribution in [2.24, 2.45) is 0 Å². The van der Waals surface area contributed by atoms with Gasteiger partial charge in [-0.2, -0.15) is 0 Å². The summed E-state index contributed by atoms with van der Waals surface area (Å²) in [5, 5.41) is 15.4. The van der Waals surface area contributed by atoms with Crippen LogP contribution in [0.15, 0.2) is 84.7 Å². The minimum atomic E-state index is -1.00. The summed E-state index contributed by atoms with van der Waals surface area (Å²) in [7, 11) is 1.48. The first-order valence-electron chi connectivity index (χ1n) is 12.0. The lowest BCUT2D eigenvalue weighted by Gasteiger charge is -2.13. The number of carboxylic acid groups (broad SMARTS) is 1. The van der Waals surface area contributed by atoms with Gasteiger partial charge in [-0.25, -0.2) is 14.5 Å². The largest absolute Gasteiger partial charge is 0.495 e. The fourth-order valence-electron chi connectivity index (χ4n) is 4.47. The Labute approximate surface area is 223 Å². The number of hydrogen-bond donors (Lipinski definition) is 3. The minimum Gasteiger partial charge on any atom is -0.495 e. The number of nitrogens with one attached hydrogen (secondary N) is 2. The Hall–Kier alpha value is -5.38. The molecule has 0 radical (unpaired) electrons. The first kappa shape index (κ1) is 25.3. The van der Waals surface area contributed by atoms with Gasteiger partial charge in [-0.1, -0.05) is 42.5 Å². The second-order valence-corrected chi connectivity index (χ2v) is 8.86. The molecule has 1 saturated heterocycles. The summed E-state index contributed by atoms with van der Waals surface area (Å²) in [6.07, 6.45) is 3.41. The highest BCUT2D eigenvalue weighted by atomic mass is 16.5. The van der Waals surface area contributed by atoms with E-state index in [1.807, 2.05) is 41.1 Å². The topological polar surface area (TPSA) is 130 Å². The molecule has 1 aliphatic rings. The average molecular weight is 525 g/mol. The minimum absolute atomic E-state index is 0.0425. The molecule has 3 aromatic carbocycles. The lowest BCUT2D eigenvalue weighted by atomic mass is 10.1. The van der Waals surface area contributed by atoms with Gasteiger partial charge in [-0.3, -0.25) is 9.59 Å². The quantitative estimate of drug-likeness (QED) is 0.237. The standard InChI is InChI=1S/C29H24N4O6/c1-39-25-12-5-3-10-22(25)30-26(34)17-33-27(35)23(31-29(33)38)14-20-16-32(24-11-4-2-9-21(20)24)15-18-7-6-8-19(13-18)28(36)37/h2-14,16H,15,17H2,1H3,(H,30,34)(H,31,38)(H,36,37)/b23-14+. The summed E-state index contributed by atoms with van der Waals surface area (Å²) in [5.74, 6) is -1.73. The molecule has 4 aromatic rings. The number of benzene rings is 3. The van der Waals surface area contributed by atoms with Gasteiger partial charge in [-0.05, 0) is 42.0 Å². The molecule has 10 nitrogen and oxygen atoms in total. The van der Waals surface area contributed by atoms with Crippen LogP contribution in [0, 0.1) is 0 Å². The van der Waals surface area contributed by atoms with E-state index in [1.54, 1.807) is 42.5 Å². The Balaban J connectivity index is 1.38. The second kappa shape index (κ2) is 10.5. The molecule has 5 rings (SSSR count). The van der Waals surface area contributed by atoms with Crippen LogP contribution >= 0.6 is 0 Å². The summed E-state index contributed by atoms with van der Waals surface area (Å²) < 4.78 is 7.17. The van der Waals surface area contributed by atoms with E-state index in [1.165, 1.54) is 13.2 Å². The van der Waals surface area contributed by atoms with Crippen molar-refractivity contribution < 1.29 is 29.0 Å². The van der Waals surface area contributed by atoms with Crippen molar-refractivity contribution in [3.8, 4) is 5.75 Å². The van der Waals surface area contributed by atoms with Gasteiger partial charge in [0.1, 0.15) is 18.0 Å². The van der Waals surface area contributed by atoms with Crippen LogP contribution in [0.1, 0.15) is 21.5 Å². The number of methoxy groups -OCH3 is 1. The molecule has 39 heavy (non-hydrogen) atoms. The number of amides is 4. The van der Waals surface area contributed by atoms with E-state index in [0.717, 1.165) is 21.4 Å². The molecule has 3 N–H and O–H groups in total. The highest BCUT2D eigenvalue weighted by Crippen LogP contribution is 2.26. The summed E-state index contributed by atoms with van der Waals surface area (Å²) in [5.41, 5.74) is 3.02. The molecule has 0 atom stereocenters. The van der Waals surface area contributed by atoms with Gasteiger partial charge < -0.3 is 25.0 Å². The molecule has 1 fully saturated rings. The van der Waals surface area contributed by atoms with Crippen molar-refractivity contribution in [3.05, 3.63) is 101 Å². The van der Waals surface area contributed by atoms with Crippen LogP contribution < -0.4 is 15.4 Å². The molecule has 0 aliphatic carbocycles. The van der Waals surface area contributed by atoms with E-state index in [-0.39, 0.29) is 11.3 Å². The SMILES string of the molecule is COc1ccccc1NC(=O)CN1C(=O)N/C(=C/c2cn(Cc3cccc(C(=O)O)c3)c3ccccc23)C1=O. The molecule has 4 amide bonds. The zero-order valence-electron chi connectivity index (χ0n) is 20.9. The summed E-state index contributed by atoms with van der Waals surface area (Å²) in [4.78, 5) is 50.5. The number of rotatable bonds is 8. The van der Waals surface area contributed by atoms with Crippen molar-refractivity contribution in [1.82, 2.24) is 14.8 Å². The molecule has 1 aromatic heterocycles. The third-order valence-electron chi connectivity index (χ3n) is 6.29. The lowest BCUT2D eigenvalue weighted by molar-refractivity contribution is -0.127. The number of anilines is 1. The van der Waals surface area contributed by atoms with Crippen LogP contribution in [0.2, 0.25) is 0 Å². The van der Waals surface area contributed by atoms with E-state index in [4.69, 9.17) is 4.74 Å². The molecule has 196 valence electrons. The molecular weight excluding hydrogens is 500 g/mol. The molecule has 1 aliphatic heterocycles. The summed E-state index contributed by atoms with van der Waals surface area (Å²) in [6.45, 7) is -0.0674. The van der Waals surface area contributed by atoms with Crippen molar-refractivity contribution >= 4 is 46.5 Å². The third-order valence-corrected chi connectivity index (χ3v) is 6.29. The van der Waals surface area contributed by atoms with Crippen LogP contribution in [-0.4, -0.2) is 52.0 Å². The van der Waals surface area contributed by atoms with Crippen LogP contribution in [-0.2, 0) is 16.1 Å². The number of urea groups is 1. The summed E-state index contributed by atoms with van der Waals surface area (Å²) >= 11 is 0. The Morgan fingerprint density at radius 1 is 1.03 bits per heavy atom. The van der Waals surface area contributed by atoms with Gasteiger partial charge in [0.05, 0.1) is 18.4 Å². The number of carbonyl (C=O) groups excluding carboxylic acids is 3. The Bertz CT molecular complexity index is 1650. The summed E-state index contributed by atoms with van der Waals surface area (Å²) in [6, 6.07) is 20.4. The molecule has 0 saturated carbocycles. The van der Waals surface area contributed by atoms with Gasteiger partial charge in [0, 0.05) is 29.2 Å². The van der Waals surface area contributed by atoms with Gasteiger partial charge in [0.2, 0.25) is 5.91 Å². The molecule has 0 unspecified atom stereocenters. The normalized spacial score (nSPS) is 14.1. The van der Waals surface area contributed by atoms with Crippen LogP contribution in [0.3, 0.4) is 0 Å². The number of fused-ring (bicyclic) bond motifs is 1. The van der Waals surface area contributed by atoms with Crippen LogP contribution in [0.25, 0.3) is 17.0 Å². The monoisotopic (exact) mass is 524 g/mol. The van der Waals surface area contributed by atoms with E-state index < -0.39 is 30.4 Å². The number of para-hydroxylation sites is 3. The smallest absolute Gasteiger partial charge is 0.335 e. The van der Waals surface area contributed by atoms with Crippen LogP contribution in [0.4, 0.5) is 10.5 Å². The molecular formula is C29H24N4O6. The Morgan fingerprint density at radius 2 is 1.79 bits per heavy atom. The maximum Gasteiger partial charge on any atom is 0.335 e. The van der Waals surface area contributed by atoms with Gasteiger partial charge in [-0.15, -0.1) is 0 Å². The van der Waals surface area contributed by atoms with Crippen molar-refractivity contribution in [2.45, 2.75) is 6.54 Å². The van der Waals surface area contributed by atoms with Gasteiger partial charge in [0.15, 0.2) is 0 Å². The fourth-order valence-corrected chi connectivity index (χ4v) is 4.47. The molecule has 0 bridgehead atoms. The first-order valence-corrected chi connectivity index (χ1v) is 12.0. The molecule has 10 heteroatoms. The van der Waals surface area contributed by atoms with Crippen LogP contribution in [0.5, 0.6) is 5.75 Å². The zero-order valence-corrected chi connectivity index (χ0v) is 20.9. The number of nitrogens with zero attached hydrogens (tertiary/aromatic N) is 2. The number of carboxylic acids is 1. The number of ether oxygens (including phenoxy) is 1. The highest BCUT2D eigenvalue weighted by molar-refractivity contribution is 6.16.